The van der Waals surface area contributed by atoms with E-state index in [2.05, 4.69) is 46.4 Å². The molecular formula is C33H32N6O3. The molecule has 0 radical (unpaired) electrons. The number of carbonyl (C=O) groups is 1. The number of rotatable bonds is 7. The predicted molar refractivity (Wildman–Crippen MR) is 165 cm³/mol. The molecule has 5 rings (SSSR count). The summed E-state index contributed by atoms with van der Waals surface area (Å²) in [5, 5.41) is 6.12. The van der Waals surface area contributed by atoms with Gasteiger partial charge in [-0.15, -0.1) is 0 Å². The Hall–Kier alpha value is -5.31. The number of carbonyl (C=O) groups excluding carboxylic acids is 1. The molecule has 0 aliphatic heterocycles. The highest BCUT2D eigenvalue weighted by Gasteiger charge is 2.17. The van der Waals surface area contributed by atoms with Crippen LogP contribution in [0.15, 0.2) is 96.3 Å². The van der Waals surface area contributed by atoms with Crippen molar-refractivity contribution >= 4 is 23.1 Å². The van der Waals surface area contributed by atoms with Gasteiger partial charge in [-0.05, 0) is 67.1 Å². The Labute approximate surface area is 244 Å². The van der Waals surface area contributed by atoms with E-state index in [1.165, 1.54) is 4.57 Å². The molecule has 1 amide bonds. The topological polar surface area (TPSA) is 111 Å². The Kier molecular flexibility index (Phi) is 7.84. The monoisotopic (exact) mass is 560 g/mol. The largest absolute Gasteiger partial charge is 0.457 e. The van der Waals surface area contributed by atoms with Crippen LogP contribution >= 0.6 is 0 Å². The normalized spacial score (nSPS) is 11.2. The van der Waals surface area contributed by atoms with E-state index in [1.807, 2.05) is 43.3 Å². The molecule has 2 aromatic carbocycles. The highest BCUT2D eigenvalue weighted by atomic mass is 16.5. The second-order valence-electron chi connectivity index (χ2n) is 10.9. The molecule has 0 saturated heterocycles. The van der Waals surface area contributed by atoms with Crippen molar-refractivity contribution in [3.8, 4) is 22.8 Å². The minimum Gasteiger partial charge on any atom is -0.457 e. The number of nitrogens with zero attached hydrogens (tertiary/aromatic N) is 4. The minimum absolute atomic E-state index is 0.102. The van der Waals surface area contributed by atoms with Crippen LogP contribution in [0.4, 0.5) is 17.2 Å². The van der Waals surface area contributed by atoms with Gasteiger partial charge in [0, 0.05) is 59.9 Å². The first kappa shape index (κ1) is 28.2. The number of aromatic nitrogens is 4. The highest BCUT2D eigenvalue weighted by molar-refractivity contribution is 6.04. The fraction of sp³-hybridized carbons (Fsp3) is 0.182. The van der Waals surface area contributed by atoms with Crippen molar-refractivity contribution in [1.82, 2.24) is 19.5 Å². The lowest BCUT2D eigenvalue weighted by Crippen LogP contribution is -2.21. The summed E-state index contributed by atoms with van der Waals surface area (Å²) in [6, 6.07) is 20.0. The summed E-state index contributed by atoms with van der Waals surface area (Å²) in [6.07, 6.45) is 6.60. The first-order valence-electron chi connectivity index (χ1n) is 13.5. The molecule has 0 atom stereocenters. The predicted octanol–water partition coefficient (Wildman–Crippen LogP) is 6.63. The fourth-order valence-electron chi connectivity index (χ4n) is 4.32. The van der Waals surface area contributed by atoms with E-state index in [0.717, 1.165) is 16.8 Å². The van der Waals surface area contributed by atoms with Crippen molar-refractivity contribution < 1.29 is 9.53 Å². The Balaban J connectivity index is 1.36. The number of anilines is 3. The molecule has 9 heteroatoms. The van der Waals surface area contributed by atoms with E-state index in [-0.39, 0.29) is 22.7 Å². The average Bonchev–Trinajstić information content (AvgIpc) is 2.97. The number of nitrogens with one attached hydrogen (secondary N) is 2. The summed E-state index contributed by atoms with van der Waals surface area (Å²) in [5.41, 5.74) is 4.53. The maximum Gasteiger partial charge on any atom is 0.293 e. The second kappa shape index (κ2) is 11.7. The van der Waals surface area contributed by atoms with Crippen molar-refractivity contribution in [1.29, 1.82) is 0 Å². The zero-order chi connectivity index (χ0) is 29.9. The van der Waals surface area contributed by atoms with Crippen LogP contribution in [0.3, 0.4) is 0 Å². The van der Waals surface area contributed by atoms with E-state index >= 15 is 0 Å². The molecule has 212 valence electrons. The third-order valence-electron chi connectivity index (χ3n) is 6.73. The van der Waals surface area contributed by atoms with Crippen molar-refractivity contribution in [3.05, 3.63) is 119 Å². The van der Waals surface area contributed by atoms with Gasteiger partial charge in [0.15, 0.2) is 5.82 Å². The van der Waals surface area contributed by atoms with Gasteiger partial charge in [-0.3, -0.25) is 19.6 Å². The molecule has 0 aliphatic rings. The second-order valence-corrected chi connectivity index (χ2v) is 10.9. The number of amides is 1. The van der Waals surface area contributed by atoms with E-state index in [0.29, 0.717) is 34.1 Å². The smallest absolute Gasteiger partial charge is 0.293 e. The van der Waals surface area contributed by atoms with Crippen LogP contribution in [0.1, 0.15) is 42.4 Å². The number of aryl methyl sites for hydroxylation is 1. The molecule has 0 aliphatic carbocycles. The lowest BCUT2D eigenvalue weighted by molar-refractivity contribution is 0.102. The van der Waals surface area contributed by atoms with Crippen LogP contribution in [0, 0.1) is 6.92 Å². The third-order valence-corrected chi connectivity index (χ3v) is 6.73. The Morgan fingerprint density at radius 2 is 1.64 bits per heavy atom. The number of hydrogen-bond acceptors (Lipinski definition) is 7. The maximum absolute atomic E-state index is 13.0. The Morgan fingerprint density at radius 1 is 0.929 bits per heavy atom. The lowest BCUT2D eigenvalue weighted by atomic mass is 9.91. The van der Waals surface area contributed by atoms with Crippen LogP contribution < -0.4 is 20.9 Å². The molecule has 2 N–H and O–H groups in total. The lowest BCUT2D eigenvalue weighted by Gasteiger charge is -2.18. The van der Waals surface area contributed by atoms with Gasteiger partial charge >= 0.3 is 0 Å². The standard InChI is InChI=1S/C33H32N6O3/c1-21-26(7-6-8-27(21)38-31(40)22-9-14-29(35-19-22)33(2,3)4)28-20-39(5)32(41)30(37-28)36-23-10-12-24(13-11-23)42-25-15-17-34-18-16-25/h6-20H,1-5H3,(H,36,37)(H,38,40). The van der Waals surface area contributed by atoms with Crippen LogP contribution in [0.2, 0.25) is 0 Å². The van der Waals surface area contributed by atoms with E-state index in [4.69, 9.17) is 4.74 Å². The molecule has 3 heterocycles. The number of benzene rings is 2. The van der Waals surface area contributed by atoms with Crippen LogP contribution in [-0.4, -0.2) is 25.4 Å². The summed E-state index contributed by atoms with van der Waals surface area (Å²) in [4.78, 5) is 39.1. The van der Waals surface area contributed by atoms with Gasteiger partial charge in [0.05, 0.1) is 11.3 Å². The first-order chi connectivity index (χ1) is 20.1. The zero-order valence-electron chi connectivity index (χ0n) is 24.2. The van der Waals surface area contributed by atoms with Gasteiger partial charge in [-0.25, -0.2) is 4.98 Å². The summed E-state index contributed by atoms with van der Waals surface area (Å²) in [7, 11) is 1.68. The Morgan fingerprint density at radius 3 is 2.31 bits per heavy atom. The van der Waals surface area contributed by atoms with Gasteiger partial charge in [-0.1, -0.05) is 32.9 Å². The summed E-state index contributed by atoms with van der Waals surface area (Å²) in [5.74, 6) is 1.25. The quantitative estimate of drug-likeness (QED) is 0.230. The summed E-state index contributed by atoms with van der Waals surface area (Å²) < 4.78 is 7.30. The van der Waals surface area contributed by atoms with Crippen molar-refractivity contribution in [2.75, 3.05) is 10.6 Å². The van der Waals surface area contributed by atoms with Gasteiger partial charge in [0.25, 0.3) is 11.5 Å². The average molecular weight is 561 g/mol. The number of hydrogen-bond donors (Lipinski definition) is 2. The molecule has 0 fully saturated rings. The van der Waals surface area contributed by atoms with Crippen LogP contribution in [-0.2, 0) is 12.5 Å². The minimum atomic E-state index is -0.274. The molecule has 42 heavy (non-hydrogen) atoms. The van der Waals surface area contributed by atoms with E-state index < -0.39 is 0 Å². The highest BCUT2D eigenvalue weighted by Crippen LogP contribution is 2.29. The molecule has 0 saturated carbocycles. The van der Waals surface area contributed by atoms with Crippen molar-refractivity contribution in [3.63, 3.8) is 0 Å². The van der Waals surface area contributed by atoms with Crippen LogP contribution in [0.25, 0.3) is 11.3 Å². The summed E-state index contributed by atoms with van der Waals surface area (Å²) in [6.45, 7) is 8.14. The molecular weight excluding hydrogens is 528 g/mol. The molecule has 9 nitrogen and oxygen atoms in total. The molecule has 0 unspecified atom stereocenters. The third kappa shape index (κ3) is 6.36. The molecule has 0 spiro atoms. The van der Waals surface area contributed by atoms with Gasteiger partial charge in [0.2, 0.25) is 0 Å². The zero-order valence-corrected chi connectivity index (χ0v) is 24.2. The van der Waals surface area contributed by atoms with E-state index in [1.54, 1.807) is 62.2 Å². The fourth-order valence-corrected chi connectivity index (χ4v) is 4.32. The summed E-state index contributed by atoms with van der Waals surface area (Å²) >= 11 is 0. The molecule has 0 bridgehead atoms. The van der Waals surface area contributed by atoms with Crippen molar-refractivity contribution in [2.24, 2.45) is 7.05 Å². The molecule has 3 aromatic heterocycles. The first-order valence-corrected chi connectivity index (χ1v) is 13.5. The maximum atomic E-state index is 13.0. The van der Waals surface area contributed by atoms with E-state index in [9.17, 15) is 9.59 Å². The number of pyridine rings is 2. The van der Waals surface area contributed by atoms with Crippen LogP contribution in [0.5, 0.6) is 11.5 Å². The Bertz CT molecular complexity index is 1780. The van der Waals surface area contributed by atoms with Gasteiger partial charge in [-0.2, -0.15) is 0 Å². The van der Waals surface area contributed by atoms with Crippen molar-refractivity contribution in [2.45, 2.75) is 33.1 Å². The molecule has 5 aromatic rings. The SMILES string of the molecule is Cc1c(NC(=O)c2ccc(C(C)(C)C)nc2)cccc1-c1cn(C)c(=O)c(Nc2ccc(Oc3ccncc3)cc2)n1. The van der Waals surface area contributed by atoms with Gasteiger partial charge < -0.3 is 19.9 Å². The van der Waals surface area contributed by atoms with Gasteiger partial charge in [0.1, 0.15) is 11.5 Å². The number of ether oxygens (including phenoxy) is 1.